The van der Waals surface area contributed by atoms with E-state index in [0.717, 1.165) is 24.2 Å². The monoisotopic (exact) mass is 333 g/mol. The molecule has 0 aliphatic rings. The molecule has 1 heterocycles. The van der Waals surface area contributed by atoms with Gasteiger partial charge >= 0.3 is 5.97 Å². The van der Waals surface area contributed by atoms with Gasteiger partial charge < -0.3 is 10.4 Å². The Morgan fingerprint density at radius 3 is 2.46 bits per heavy atom. The van der Waals surface area contributed by atoms with Crippen LogP contribution in [0.5, 0.6) is 0 Å². The Bertz CT molecular complexity index is 738. The van der Waals surface area contributed by atoms with Crippen LogP contribution in [0.3, 0.4) is 0 Å². The predicted octanol–water partition coefficient (Wildman–Crippen LogP) is 2.31. The van der Waals surface area contributed by atoms with E-state index in [4.69, 9.17) is 0 Å². The van der Waals surface area contributed by atoms with Crippen LogP contribution in [0, 0.1) is 11.7 Å². The maximum absolute atomic E-state index is 13.0. The van der Waals surface area contributed by atoms with Gasteiger partial charge in [0, 0.05) is 7.05 Å². The topological polar surface area (TPSA) is 84.2 Å². The number of hydrogen-bond donors (Lipinski definition) is 2. The van der Waals surface area contributed by atoms with E-state index in [1.54, 1.807) is 13.1 Å². The highest BCUT2D eigenvalue weighted by Gasteiger charge is 2.24. The second kappa shape index (κ2) is 7.25. The summed E-state index contributed by atoms with van der Waals surface area (Å²) in [5.41, 5.74) is 1.34. The Morgan fingerprint density at radius 1 is 1.29 bits per heavy atom. The molecule has 0 saturated heterocycles. The molecule has 0 aliphatic heterocycles. The minimum Gasteiger partial charge on any atom is -0.479 e. The maximum Gasteiger partial charge on any atom is 0.330 e. The van der Waals surface area contributed by atoms with E-state index in [1.165, 1.54) is 16.8 Å². The van der Waals surface area contributed by atoms with E-state index in [9.17, 15) is 19.1 Å². The zero-order valence-corrected chi connectivity index (χ0v) is 13.8. The molecule has 1 amide bonds. The summed E-state index contributed by atoms with van der Waals surface area (Å²) in [5.74, 6) is -1.85. The molecular formula is C17H20FN3O3. The van der Waals surface area contributed by atoms with Crippen molar-refractivity contribution < 1.29 is 19.1 Å². The van der Waals surface area contributed by atoms with Crippen LogP contribution < -0.4 is 5.32 Å². The highest BCUT2D eigenvalue weighted by Crippen LogP contribution is 2.16. The number of nitrogens with one attached hydrogen (secondary N) is 1. The molecule has 0 unspecified atom stereocenters. The Hall–Kier alpha value is -2.70. The summed E-state index contributed by atoms with van der Waals surface area (Å²) in [7, 11) is 1.63. The first-order chi connectivity index (χ1) is 11.3. The van der Waals surface area contributed by atoms with Crippen LogP contribution in [-0.2, 0) is 18.3 Å². The van der Waals surface area contributed by atoms with Crippen LogP contribution in [0.1, 0.15) is 41.6 Å². The number of aryl methyl sites for hydroxylation is 1. The number of halogens is 1. The van der Waals surface area contributed by atoms with E-state index >= 15 is 0 Å². The fourth-order valence-electron chi connectivity index (χ4n) is 2.41. The summed E-state index contributed by atoms with van der Waals surface area (Å²) in [4.78, 5) is 23.9. The lowest BCUT2D eigenvalue weighted by molar-refractivity contribution is -0.139. The molecule has 1 aromatic heterocycles. The molecule has 2 rings (SSSR count). The molecule has 7 heteroatoms. The second-order valence-electron chi connectivity index (χ2n) is 6.04. The lowest BCUT2D eigenvalue weighted by Gasteiger charge is -2.14. The molecule has 0 radical (unpaired) electrons. The van der Waals surface area contributed by atoms with Crippen molar-refractivity contribution in [1.82, 2.24) is 15.1 Å². The minimum atomic E-state index is -1.26. The SMILES string of the molecule is CC(C)Cc1cc(C(=O)N[C@@H](C(=O)O)c2ccc(F)cc2)n(C)n1. The largest absolute Gasteiger partial charge is 0.479 e. The molecule has 0 saturated carbocycles. The number of nitrogens with zero attached hydrogens (tertiary/aromatic N) is 2. The van der Waals surface area contributed by atoms with Gasteiger partial charge in [-0.3, -0.25) is 9.48 Å². The molecule has 128 valence electrons. The van der Waals surface area contributed by atoms with Crippen molar-refractivity contribution in [3.05, 3.63) is 53.1 Å². The molecule has 1 aromatic carbocycles. The van der Waals surface area contributed by atoms with E-state index in [0.29, 0.717) is 11.5 Å². The van der Waals surface area contributed by atoms with Gasteiger partial charge in [-0.2, -0.15) is 5.10 Å². The molecule has 0 aliphatic carbocycles. The predicted molar refractivity (Wildman–Crippen MR) is 86.0 cm³/mol. The maximum atomic E-state index is 13.0. The zero-order chi connectivity index (χ0) is 17.9. The molecule has 2 N–H and O–H groups in total. The van der Waals surface area contributed by atoms with E-state index in [2.05, 4.69) is 10.4 Å². The molecule has 2 aromatic rings. The smallest absolute Gasteiger partial charge is 0.330 e. The number of carbonyl (C=O) groups excluding carboxylic acids is 1. The van der Waals surface area contributed by atoms with Crippen molar-refractivity contribution in [2.45, 2.75) is 26.3 Å². The summed E-state index contributed by atoms with van der Waals surface area (Å²) < 4.78 is 14.4. The van der Waals surface area contributed by atoms with Crippen LogP contribution in [0.2, 0.25) is 0 Å². The van der Waals surface area contributed by atoms with Crippen molar-refractivity contribution in [3.8, 4) is 0 Å². The first-order valence-corrected chi connectivity index (χ1v) is 7.60. The third-order valence-electron chi connectivity index (χ3n) is 3.51. The van der Waals surface area contributed by atoms with Crippen molar-refractivity contribution >= 4 is 11.9 Å². The highest BCUT2D eigenvalue weighted by molar-refractivity contribution is 5.95. The van der Waals surface area contributed by atoms with Gasteiger partial charge in [0.05, 0.1) is 5.69 Å². The highest BCUT2D eigenvalue weighted by atomic mass is 19.1. The standard InChI is InChI=1S/C17H20FN3O3/c1-10(2)8-13-9-14(21(3)20-13)16(22)19-15(17(23)24)11-4-6-12(18)7-5-11/h4-7,9-10,15H,8H2,1-3H3,(H,19,22)(H,23,24)/t15-/m1/s1. The van der Waals surface area contributed by atoms with Gasteiger partial charge in [0.2, 0.25) is 0 Å². The quantitative estimate of drug-likeness (QED) is 0.850. The fourth-order valence-corrected chi connectivity index (χ4v) is 2.41. The Kier molecular flexibility index (Phi) is 5.33. The van der Waals surface area contributed by atoms with E-state index in [1.807, 2.05) is 13.8 Å². The van der Waals surface area contributed by atoms with Crippen molar-refractivity contribution in [2.75, 3.05) is 0 Å². The van der Waals surface area contributed by atoms with Crippen LogP contribution in [-0.4, -0.2) is 26.8 Å². The van der Waals surface area contributed by atoms with Crippen molar-refractivity contribution in [2.24, 2.45) is 13.0 Å². The van der Waals surface area contributed by atoms with Gasteiger partial charge in [0.15, 0.2) is 6.04 Å². The number of carboxylic acid groups (broad SMARTS) is 1. The fraction of sp³-hybridized carbons (Fsp3) is 0.353. The zero-order valence-electron chi connectivity index (χ0n) is 13.8. The van der Waals surface area contributed by atoms with E-state index < -0.39 is 23.7 Å². The first kappa shape index (κ1) is 17.7. The summed E-state index contributed by atoms with van der Waals surface area (Å²) in [6.07, 6.45) is 0.724. The number of carboxylic acids is 1. The molecule has 0 fully saturated rings. The number of amides is 1. The summed E-state index contributed by atoms with van der Waals surface area (Å²) in [6.45, 7) is 4.09. The van der Waals surface area contributed by atoms with Gasteiger partial charge in [-0.25, -0.2) is 9.18 Å². The molecule has 0 bridgehead atoms. The van der Waals surface area contributed by atoms with Gasteiger partial charge in [-0.15, -0.1) is 0 Å². The lowest BCUT2D eigenvalue weighted by Crippen LogP contribution is -2.34. The van der Waals surface area contributed by atoms with Crippen molar-refractivity contribution in [1.29, 1.82) is 0 Å². The summed E-state index contributed by atoms with van der Waals surface area (Å²) in [6, 6.07) is 5.37. The Balaban J connectivity index is 2.21. The molecule has 0 spiro atoms. The number of hydrogen-bond acceptors (Lipinski definition) is 3. The van der Waals surface area contributed by atoms with Crippen LogP contribution in [0.15, 0.2) is 30.3 Å². The minimum absolute atomic E-state index is 0.277. The third-order valence-corrected chi connectivity index (χ3v) is 3.51. The Morgan fingerprint density at radius 2 is 1.92 bits per heavy atom. The van der Waals surface area contributed by atoms with Gasteiger partial charge in [0.1, 0.15) is 11.5 Å². The van der Waals surface area contributed by atoms with Gasteiger partial charge in [-0.1, -0.05) is 26.0 Å². The number of benzene rings is 1. The van der Waals surface area contributed by atoms with Gasteiger partial charge in [0.25, 0.3) is 5.91 Å². The van der Waals surface area contributed by atoms with Crippen molar-refractivity contribution in [3.63, 3.8) is 0 Å². The molecule has 24 heavy (non-hydrogen) atoms. The number of aliphatic carboxylic acids is 1. The average molecular weight is 333 g/mol. The second-order valence-corrected chi connectivity index (χ2v) is 6.04. The van der Waals surface area contributed by atoms with Crippen LogP contribution in [0.4, 0.5) is 4.39 Å². The normalized spacial score (nSPS) is 12.2. The molecular weight excluding hydrogens is 313 g/mol. The number of carbonyl (C=O) groups is 2. The van der Waals surface area contributed by atoms with Crippen LogP contribution >= 0.6 is 0 Å². The number of aromatic nitrogens is 2. The third kappa shape index (κ3) is 4.18. The molecule has 1 atom stereocenters. The lowest BCUT2D eigenvalue weighted by atomic mass is 10.1. The summed E-state index contributed by atoms with van der Waals surface area (Å²) in [5, 5.41) is 16.1. The van der Waals surface area contributed by atoms with E-state index in [-0.39, 0.29) is 5.69 Å². The first-order valence-electron chi connectivity index (χ1n) is 7.60. The number of rotatable bonds is 6. The van der Waals surface area contributed by atoms with Gasteiger partial charge in [-0.05, 0) is 36.1 Å². The Labute approximate surface area is 139 Å². The summed E-state index contributed by atoms with van der Waals surface area (Å²) >= 11 is 0. The van der Waals surface area contributed by atoms with Crippen LogP contribution in [0.25, 0.3) is 0 Å². The average Bonchev–Trinajstić information content (AvgIpc) is 2.85. The molecule has 6 nitrogen and oxygen atoms in total.